The molecule has 2 aromatic rings. The summed E-state index contributed by atoms with van der Waals surface area (Å²) in [4.78, 5) is 28.7. The van der Waals surface area contributed by atoms with Crippen LogP contribution in [0.2, 0.25) is 0 Å². The fourth-order valence-corrected chi connectivity index (χ4v) is 4.87. The molecule has 0 amide bonds. The van der Waals surface area contributed by atoms with Crippen molar-refractivity contribution < 1.29 is 28.5 Å². The molecule has 0 saturated carbocycles. The highest BCUT2D eigenvalue weighted by Gasteiger charge is 2.43. The SMILES string of the molecule is CCOC(=O)C1=C(N)N(c2ccccc2)C2=C(C(=O)CCC2)[C@H]1c1cc(OC)c(OC)c(OC)c1. The number of hydrogen-bond acceptors (Lipinski definition) is 8. The molecule has 2 aliphatic rings. The van der Waals surface area contributed by atoms with Gasteiger partial charge in [-0.1, -0.05) is 18.2 Å². The van der Waals surface area contributed by atoms with Gasteiger partial charge in [0.1, 0.15) is 5.82 Å². The molecule has 0 radical (unpaired) electrons. The van der Waals surface area contributed by atoms with Crippen molar-refractivity contribution in [2.24, 2.45) is 5.73 Å². The first kappa shape index (κ1) is 24.2. The van der Waals surface area contributed by atoms with Crippen LogP contribution in [0.4, 0.5) is 5.69 Å². The minimum absolute atomic E-state index is 0.0276. The molecule has 184 valence electrons. The summed E-state index contributed by atoms with van der Waals surface area (Å²) in [6.07, 6.45) is 1.73. The molecule has 8 heteroatoms. The number of methoxy groups -OCH3 is 3. The molecular weight excluding hydrogens is 448 g/mol. The van der Waals surface area contributed by atoms with E-state index >= 15 is 0 Å². The highest BCUT2D eigenvalue weighted by molar-refractivity contribution is 6.05. The predicted octanol–water partition coefficient (Wildman–Crippen LogP) is 4.06. The van der Waals surface area contributed by atoms with Gasteiger partial charge in [0.2, 0.25) is 5.75 Å². The summed E-state index contributed by atoms with van der Waals surface area (Å²) in [5.41, 5.74) is 9.67. The third-order valence-corrected chi connectivity index (χ3v) is 6.32. The first-order valence-corrected chi connectivity index (χ1v) is 11.5. The first-order chi connectivity index (χ1) is 17.0. The fourth-order valence-electron chi connectivity index (χ4n) is 4.87. The molecule has 1 aliphatic heterocycles. The van der Waals surface area contributed by atoms with Crippen LogP contribution in [0.25, 0.3) is 0 Å². The van der Waals surface area contributed by atoms with Crippen LogP contribution in [-0.4, -0.2) is 39.7 Å². The lowest BCUT2D eigenvalue weighted by Crippen LogP contribution is -2.41. The van der Waals surface area contributed by atoms with Crippen LogP contribution < -0.4 is 24.8 Å². The standard InChI is InChI=1S/C27H30N2O6/c1-5-35-27(31)24-22(16-14-20(32-2)25(34-4)21(15-16)33-3)23-18(12-9-13-19(23)30)29(26(24)28)17-10-7-6-8-11-17/h6-8,10-11,14-15,22H,5,9,12-13,28H2,1-4H3/t22-/m1/s1. The van der Waals surface area contributed by atoms with E-state index in [9.17, 15) is 9.59 Å². The van der Waals surface area contributed by atoms with Crippen LogP contribution in [-0.2, 0) is 14.3 Å². The quantitative estimate of drug-likeness (QED) is 0.595. The second-order valence-corrected chi connectivity index (χ2v) is 8.22. The Bertz CT molecular complexity index is 1180. The number of carbonyl (C=O) groups excluding carboxylic acids is 2. The largest absolute Gasteiger partial charge is 0.493 e. The van der Waals surface area contributed by atoms with Crippen molar-refractivity contribution in [3.05, 3.63) is 70.7 Å². The van der Waals surface area contributed by atoms with E-state index in [2.05, 4.69) is 0 Å². The fraction of sp³-hybridized carbons (Fsp3) is 0.333. The number of Topliss-reactive ketones (excluding diaryl/α,β-unsaturated/α-hetero) is 1. The molecule has 0 saturated heterocycles. The summed E-state index contributed by atoms with van der Waals surface area (Å²) >= 11 is 0. The van der Waals surface area contributed by atoms with Crippen LogP contribution >= 0.6 is 0 Å². The van der Waals surface area contributed by atoms with Crippen molar-refractivity contribution in [3.8, 4) is 17.2 Å². The molecule has 35 heavy (non-hydrogen) atoms. The van der Waals surface area contributed by atoms with Gasteiger partial charge in [-0.15, -0.1) is 0 Å². The highest BCUT2D eigenvalue weighted by atomic mass is 16.5. The van der Waals surface area contributed by atoms with Crippen molar-refractivity contribution >= 4 is 17.4 Å². The summed E-state index contributed by atoms with van der Waals surface area (Å²) in [5.74, 6) is 0.139. The minimum Gasteiger partial charge on any atom is -0.493 e. The van der Waals surface area contributed by atoms with Gasteiger partial charge in [0.25, 0.3) is 0 Å². The Kier molecular flexibility index (Phi) is 7.00. The lowest BCUT2D eigenvalue weighted by atomic mass is 9.75. The van der Waals surface area contributed by atoms with Gasteiger partial charge in [-0.25, -0.2) is 4.79 Å². The molecule has 0 fully saturated rings. The maximum Gasteiger partial charge on any atom is 0.338 e. The normalized spacial score (nSPS) is 17.8. The zero-order chi connectivity index (χ0) is 25.1. The average molecular weight is 479 g/mol. The van der Waals surface area contributed by atoms with E-state index < -0.39 is 11.9 Å². The van der Waals surface area contributed by atoms with E-state index in [1.54, 1.807) is 19.1 Å². The van der Waals surface area contributed by atoms with E-state index in [0.29, 0.717) is 47.6 Å². The predicted molar refractivity (Wildman–Crippen MR) is 131 cm³/mol. The summed E-state index contributed by atoms with van der Waals surface area (Å²) in [7, 11) is 4.56. The van der Waals surface area contributed by atoms with Crippen molar-refractivity contribution in [2.45, 2.75) is 32.1 Å². The molecule has 0 unspecified atom stereocenters. The number of nitrogens with two attached hydrogens (primary N) is 1. The second kappa shape index (κ2) is 10.1. The number of anilines is 1. The van der Waals surface area contributed by atoms with Crippen molar-refractivity contribution in [2.75, 3.05) is 32.8 Å². The van der Waals surface area contributed by atoms with Crippen LogP contribution in [0.3, 0.4) is 0 Å². The number of hydrogen-bond donors (Lipinski definition) is 1. The molecule has 1 atom stereocenters. The van der Waals surface area contributed by atoms with Crippen LogP contribution in [0.15, 0.2) is 65.1 Å². The smallest absolute Gasteiger partial charge is 0.338 e. The van der Waals surface area contributed by atoms with Gasteiger partial charge in [0.05, 0.1) is 39.4 Å². The molecule has 8 nitrogen and oxygen atoms in total. The molecule has 1 aliphatic carbocycles. The number of rotatable bonds is 7. The Morgan fingerprint density at radius 3 is 2.26 bits per heavy atom. The zero-order valence-electron chi connectivity index (χ0n) is 20.4. The lowest BCUT2D eigenvalue weighted by Gasteiger charge is -2.40. The van der Waals surface area contributed by atoms with Crippen LogP contribution in [0, 0.1) is 0 Å². The topological polar surface area (TPSA) is 100 Å². The Morgan fingerprint density at radius 1 is 1.03 bits per heavy atom. The van der Waals surface area contributed by atoms with E-state index in [0.717, 1.165) is 11.4 Å². The number of benzene rings is 2. The van der Waals surface area contributed by atoms with E-state index in [-0.39, 0.29) is 23.8 Å². The van der Waals surface area contributed by atoms with Gasteiger partial charge < -0.3 is 24.7 Å². The zero-order valence-corrected chi connectivity index (χ0v) is 20.4. The maximum absolute atomic E-state index is 13.5. The van der Waals surface area contributed by atoms with Gasteiger partial charge in [-0.2, -0.15) is 0 Å². The molecule has 0 bridgehead atoms. The van der Waals surface area contributed by atoms with Crippen molar-refractivity contribution in [3.63, 3.8) is 0 Å². The Labute approximate surface area is 204 Å². The first-order valence-electron chi connectivity index (χ1n) is 11.5. The minimum atomic E-state index is -0.745. The molecule has 2 N–H and O–H groups in total. The number of allylic oxidation sites excluding steroid dienone is 2. The number of ether oxygens (including phenoxy) is 4. The monoisotopic (exact) mass is 478 g/mol. The molecule has 0 aromatic heterocycles. The molecule has 4 rings (SSSR count). The molecule has 0 spiro atoms. The summed E-state index contributed by atoms with van der Waals surface area (Å²) in [6.45, 7) is 1.90. The van der Waals surface area contributed by atoms with E-state index in [1.165, 1.54) is 21.3 Å². The van der Waals surface area contributed by atoms with Crippen LogP contribution in [0.5, 0.6) is 17.2 Å². The van der Waals surface area contributed by atoms with Crippen molar-refractivity contribution in [1.82, 2.24) is 0 Å². The van der Waals surface area contributed by atoms with Gasteiger partial charge in [0, 0.05) is 23.4 Å². The Morgan fingerprint density at radius 2 is 1.69 bits per heavy atom. The number of para-hydroxylation sites is 1. The van der Waals surface area contributed by atoms with Gasteiger partial charge in [-0.05, 0) is 49.6 Å². The maximum atomic E-state index is 13.5. The van der Waals surface area contributed by atoms with Crippen LogP contribution in [0.1, 0.15) is 37.7 Å². The van der Waals surface area contributed by atoms with Crippen molar-refractivity contribution in [1.29, 1.82) is 0 Å². The number of carbonyl (C=O) groups is 2. The third kappa shape index (κ3) is 4.20. The average Bonchev–Trinajstić information content (AvgIpc) is 2.87. The van der Waals surface area contributed by atoms with Gasteiger partial charge >= 0.3 is 5.97 Å². The Balaban J connectivity index is 2.03. The number of nitrogens with zero attached hydrogens (tertiary/aromatic N) is 1. The number of ketones is 1. The summed E-state index contributed by atoms with van der Waals surface area (Å²) in [5, 5.41) is 0. The lowest BCUT2D eigenvalue weighted by molar-refractivity contribution is -0.138. The van der Waals surface area contributed by atoms with Gasteiger partial charge in [-0.3, -0.25) is 9.69 Å². The summed E-state index contributed by atoms with van der Waals surface area (Å²) in [6, 6.07) is 13.0. The highest BCUT2D eigenvalue weighted by Crippen LogP contribution is 2.49. The Hall–Kier alpha value is -3.94. The second-order valence-electron chi connectivity index (χ2n) is 8.22. The van der Waals surface area contributed by atoms with E-state index in [4.69, 9.17) is 24.7 Å². The number of esters is 1. The van der Waals surface area contributed by atoms with E-state index in [1.807, 2.05) is 35.2 Å². The third-order valence-electron chi connectivity index (χ3n) is 6.32. The summed E-state index contributed by atoms with van der Waals surface area (Å²) < 4.78 is 22.0. The molecule has 1 heterocycles. The molecular formula is C27H30N2O6. The van der Waals surface area contributed by atoms with Gasteiger partial charge in [0.15, 0.2) is 17.3 Å². The molecule has 2 aromatic carbocycles.